The first-order chi connectivity index (χ1) is 4.00. The maximum Gasteiger partial charge on any atom is 2.00 e. The maximum absolute atomic E-state index is 8.55. The standard InChI is InChI=1S/Ca.2H3O4P.W/c;2*1-5(2,3)4;/h;2*(H3,1,2,3,4);/q+2;;;/p-6. The average Bonchev–Trinajstić information content (AvgIpc) is 1.12. The van der Waals surface area contributed by atoms with Crippen LogP contribution in [0.15, 0.2) is 0 Å². The van der Waals surface area contributed by atoms with Crippen LogP contribution in [-0.4, -0.2) is 37.7 Å². The number of rotatable bonds is 0. The Balaban J connectivity index is -0.0000000457. The van der Waals surface area contributed by atoms with Crippen LogP contribution in [0, 0.1) is 0 Å². The summed E-state index contributed by atoms with van der Waals surface area (Å²) in [4.78, 5) is 51.3. The second-order valence-corrected chi connectivity index (χ2v) is 2.68. The van der Waals surface area contributed by atoms with Gasteiger partial charge in [-0.2, -0.15) is 15.6 Å². The van der Waals surface area contributed by atoms with Gasteiger partial charge in [-0.15, -0.1) is 0 Å². The fourth-order valence-electron chi connectivity index (χ4n) is 0. The van der Waals surface area contributed by atoms with E-state index in [1.54, 1.807) is 0 Å². The molecule has 8 nitrogen and oxygen atoms in total. The van der Waals surface area contributed by atoms with E-state index in [4.69, 9.17) is 38.5 Å². The van der Waals surface area contributed by atoms with Crippen molar-refractivity contribution in [2.45, 2.75) is 0 Å². The van der Waals surface area contributed by atoms with Crippen LogP contribution in [0.3, 0.4) is 0 Å². The molecule has 0 N–H and O–H groups in total. The van der Waals surface area contributed by atoms with Crippen molar-refractivity contribution in [1.82, 2.24) is 0 Å². The van der Waals surface area contributed by atoms with Crippen LogP contribution in [0.4, 0.5) is 0 Å². The van der Waals surface area contributed by atoms with E-state index < -0.39 is 15.6 Å². The molecule has 12 heteroatoms. The van der Waals surface area contributed by atoms with Gasteiger partial charge in [-0.3, -0.25) is 0 Å². The minimum atomic E-state index is -5.39. The number of hydrogen-bond acceptors (Lipinski definition) is 8. The van der Waals surface area contributed by atoms with Gasteiger partial charge in [-0.05, 0) is 0 Å². The molecule has 0 aromatic rings. The van der Waals surface area contributed by atoms with Gasteiger partial charge in [-0.25, -0.2) is 0 Å². The summed E-state index contributed by atoms with van der Waals surface area (Å²) in [5.74, 6) is 0. The molecule has 0 aromatic carbocycles. The molecule has 0 aromatic heterocycles. The molecular formula is CaO8P2W-4. The Hall–Kier alpha value is 2.17. The van der Waals surface area contributed by atoms with E-state index in [9.17, 15) is 0 Å². The molecule has 0 bridgehead atoms. The van der Waals surface area contributed by atoms with E-state index in [0.29, 0.717) is 0 Å². The van der Waals surface area contributed by atoms with Gasteiger partial charge < -0.3 is 38.5 Å². The van der Waals surface area contributed by atoms with Crippen LogP contribution in [0.5, 0.6) is 0 Å². The largest absolute Gasteiger partial charge is 2.00 e. The summed E-state index contributed by atoms with van der Waals surface area (Å²) in [6, 6.07) is 0. The van der Waals surface area contributed by atoms with Gasteiger partial charge in [0.05, 0.1) is 0 Å². The van der Waals surface area contributed by atoms with Crippen LogP contribution >= 0.6 is 15.6 Å². The molecule has 0 saturated heterocycles. The van der Waals surface area contributed by atoms with E-state index in [2.05, 4.69) is 0 Å². The van der Waals surface area contributed by atoms with Crippen molar-refractivity contribution in [1.29, 1.82) is 0 Å². The summed E-state index contributed by atoms with van der Waals surface area (Å²) >= 11 is 0. The van der Waals surface area contributed by atoms with Crippen molar-refractivity contribution in [3.63, 3.8) is 0 Å². The summed E-state index contributed by atoms with van der Waals surface area (Å²) in [5, 5.41) is 0. The molecule has 0 fully saturated rings. The summed E-state index contributed by atoms with van der Waals surface area (Å²) in [7, 11) is -10.8. The predicted octanol–water partition coefficient (Wildman–Crippen LogP) is -6.03. The molecule has 0 aliphatic rings. The van der Waals surface area contributed by atoms with Gasteiger partial charge in [-0.1, -0.05) is 0 Å². The first kappa shape index (κ1) is 23.8. The van der Waals surface area contributed by atoms with E-state index in [1.165, 1.54) is 0 Å². The van der Waals surface area contributed by atoms with Crippen LogP contribution in [0.2, 0.25) is 0 Å². The Bertz CT molecular complexity index is 129. The SMILES string of the molecule is O=P([O-])([O-])[O-].O=P([O-])([O-])[O-].[Ca+2].[W]. The summed E-state index contributed by atoms with van der Waals surface area (Å²) < 4.78 is 17.1. The minimum absolute atomic E-state index is 0. The zero-order chi connectivity index (χ0) is 9.00. The molecule has 0 amide bonds. The average molecular weight is 414 g/mol. The molecule has 0 spiro atoms. The second-order valence-electron chi connectivity index (χ2n) is 0.894. The predicted molar refractivity (Wildman–Crippen MR) is 21.0 cm³/mol. The number of phosphoric acid groups is 2. The van der Waals surface area contributed by atoms with Crippen LogP contribution in [-0.2, 0) is 30.2 Å². The first-order valence-electron chi connectivity index (χ1n) is 1.46. The van der Waals surface area contributed by atoms with E-state index in [1.807, 2.05) is 0 Å². The Morgan fingerprint density at radius 1 is 0.667 bits per heavy atom. The molecule has 12 heavy (non-hydrogen) atoms. The van der Waals surface area contributed by atoms with E-state index >= 15 is 0 Å². The quantitative estimate of drug-likeness (QED) is 0.278. The van der Waals surface area contributed by atoms with Crippen molar-refractivity contribution in [3.05, 3.63) is 0 Å². The molecule has 0 aliphatic heterocycles. The molecule has 70 valence electrons. The third-order valence-corrected chi connectivity index (χ3v) is 0. The van der Waals surface area contributed by atoms with Crippen molar-refractivity contribution in [3.8, 4) is 0 Å². The molecule has 0 heterocycles. The van der Waals surface area contributed by atoms with Gasteiger partial charge in [0.1, 0.15) is 0 Å². The monoisotopic (exact) mass is 414 g/mol. The maximum atomic E-state index is 8.55. The molecule has 0 saturated carbocycles. The summed E-state index contributed by atoms with van der Waals surface area (Å²) in [6.07, 6.45) is 0. The smallest absolute Gasteiger partial charge is 0.822 e. The third-order valence-electron chi connectivity index (χ3n) is 0. The Labute approximate surface area is 112 Å². The third kappa shape index (κ3) is 323. The van der Waals surface area contributed by atoms with Crippen LogP contribution in [0.25, 0.3) is 0 Å². The van der Waals surface area contributed by atoms with Gasteiger partial charge in [0.2, 0.25) is 0 Å². The molecule has 0 atom stereocenters. The first-order valence-corrected chi connectivity index (χ1v) is 4.38. The van der Waals surface area contributed by atoms with Crippen molar-refractivity contribution >= 4 is 53.4 Å². The summed E-state index contributed by atoms with van der Waals surface area (Å²) in [6.45, 7) is 0. The molecule has 0 rings (SSSR count). The topological polar surface area (TPSA) is 172 Å². The molecule has 0 unspecified atom stereocenters. The minimum Gasteiger partial charge on any atom is -0.822 e. The normalized spacial score (nSPS) is 9.83. The van der Waals surface area contributed by atoms with Crippen LogP contribution in [0.1, 0.15) is 0 Å². The van der Waals surface area contributed by atoms with Gasteiger partial charge >= 0.3 is 37.7 Å². The molecule has 0 radical (unpaired) electrons. The zero-order valence-corrected chi connectivity index (χ0v) is 12.2. The van der Waals surface area contributed by atoms with Gasteiger partial charge in [0.25, 0.3) is 0 Å². The zero-order valence-electron chi connectivity index (χ0n) is 5.28. The summed E-state index contributed by atoms with van der Waals surface area (Å²) in [5.41, 5.74) is 0. The second kappa shape index (κ2) is 9.71. The van der Waals surface area contributed by atoms with Gasteiger partial charge in [0, 0.05) is 21.1 Å². The number of hydrogen-bond donors (Lipinski definition) is 0. The Kier molecular flexibility index (Phi) is 19.2. The van der Waals surface area contributed by atoms with Gasteiger partial charge in [0.15, 0.2) is 0 Å². The Morgan fingerprint density at radius 3 is 0.667 bits per heavy atom. The van der Waals surface area contributed by atoms with Crippen LogP contribution < -0.4 is 29.4 Å². The van der Waals surface area contributed by atoms with E-state index in [0.717, 1.165) is 0 Å². The van der Waals surface area contributed by atoms with Crippen molar-refractivity contribution in [2.75, 3.05) is 0 Å². The fourth-order valence-corrected chi connectivity index (χ4v) is 0. The molecular weight excluding hydrogens is 414 g/mol. The van der Waals surface area contributed by atoms with Crippen molar-refractivity contribution in [2.24, 2.45) is 0 Å². The van der Waals surface area contributed by atoms with Crippen molar-refractivity contribution < 1.29 is 59.6 Å². The van der Waals surface area contributed by atoms with E-state index in [-0.39, 0.29) is 58.8 Å². The molecule has 0 aliphatic carbocycles. The fraction of sp³-hybridized carbons (Fsp3) is 0. The Morgan fingerprint density at radius 2 is 0.667 bits per heavy atom.